The van der Waals surface area contributed by atoms with Gasteiger partial charge in [-0.1, -0.05) is 27.7 Å². The molecule has 0 aliphatic carbocycles. The van der Waals surface area contributed by atoms with Gasteiger partial charge in [-0.05, 0) is 17.9 Å². The van der Waals surface area contributed by atoms with Gasteiger partial charge in [0.2, 0.25) is 0 Å². The summed E-state index contributed by atoms with van der Waals surface area (Å²) in [5, 5.41) is 9.07. The Balaban J connectivity index is 3.05. The molecule has 0 amide bonds. The molecule has 0 atom stereocenters. The Kier molecular flexibility index (Phi) is 3.97. The fourth-order valence-corrected chi connectivity index (χ4v) is 2.21. The van der Waals surface area contributed by atoms with Gasteiger partial charge in [0.25, 0.3) is 0 Å². The summed E-state index contributed by atoms with van der Waals surface area (Å²) in [5.74, 6) is -0.407. The van der Waals surface area contributed by atoms with Crippen molar-refractivity contribution in [3.05, 3.63) is 15.8 Å². The van der Waals surface area contributed by atoms with Crippen molar-refractivity contribution in [3.8, 4) is 5.75 Å². The van der Waals surface area contributed by atoms with E-state index in [9.17, 15) is 4.79 Å². The third kappa shape index (κ3) is 2.98. The van der Waals surface area contributed by atoms with Crippen LogP contribution in [0.15, 0.2) is 6.07 Å². The zero-order valence-electron chi connectivity index (χ0n) is 10.2. The van der Waals surface area contributed by atoms with E-state index in [0.29, 0.717) is 17.2 Å². The molecule has 0 aliphatic rings. The summed E-state index contributed by atoms with van der Waals surface area (Å²) in [4.78, 5) is 12.4. The number of carbonyl (C=O) groups is 1. The minimum Gasteiger partial charge on any atom is -0.492 e. The second-order valence-corrected chi connectivity index (χ2v) is 5.76. The highest BCUT2D eigenvalue weighted by atomic mass is 32.1. The fourth-order valence-electron chi connectivity index (χ4n) is 1.21. The van der Waals surface area contributed by atoms with Gasteiger partial charge in [-0.25, -0.2) is 4.79 Å². The number of rotatable bonds is 4. The van der Waals surface area contributed by atoms with Crippen LogP contribution in [-0.4, -0.2) is 17.7 Å². The number of ether oxygens (including phenoxy) is 1. The Morgan fingerprint density at radius 2 is 2.12 bits per heavy atom. The van der Waals surface area contributed by atoms with Crippen LogP contribution in [-0.2, 0) is 5.41 Å². The Labute approximate surface area is 100 Å². The number of thiophene rings is 1. The van der Waals surface area contributed by atoms with E-state index in [2.05, 4.69) is 20.8 Å². The SMILES string of the molecule is CCCOc1cc(C(C)(C)C)sc1C(=O)O. The van der Waals surface area contributed by atoms with E-state index in [1.165, 1.54) is 11.3 Å². The van der Waals surface area contributed by atoms with E-state index in [1.54, 1.807) is 0 Å². The summed E-state index contributed by atoms with van der Waals surface area (Å²) in [6.07, 6.45) is 0.875. The smallest absolute Gasteiger partial charge is 0.349 e. The molecule has 1 aromatic rings. The van der Waals surface area contributed by atoms with Crippen molar-refractivity contribution >= 4 is 17.3 Å². The monoisotopic (exact) mass is 242 g/mol. The van der Waals surface area contributed by atoms with Crippen LogP contribution in [0.1, 0.15) is 48.7 Å². The van der Waals surface area contributed by atoms with E-state index < -0.39 is 5.97 Å². The number of aromatic carboxylic acids is 1. The van der Waals surface area contributed by atoms with Crippen LogP contribution in [0.5, 0.6) is 5.75 Å². The van der Waals surface area contributed by atoms with Crippen LogP contribution in [0.4, 0.5) is 0 Å². The van der Waals surface area contributed by atoms with Crippen LogP contribution < -0.4 is 4.74 Å². The Bertz CT molecular complexity index is 374. The average molecular weight is 242 g/mol. The second-order valence-electron chi connectivity index (χ2n) is 4.71. The highest BCUT2D eigenvalue weighted by molar-refractivity contribution is 7.14. The Morgan fingerprint density at radius 1 is 1.50 bits per heavy atom. The van der Waals surface area contributed by atoms with E-state index in [-0.39, 0.29) is 5.41 Å². The molecule has 1 rings (SSSR count). The van der Waals surface area contributed by atoms with Crippen molar-refractivity contribution in [2.45, 2.75) is 39.5 Å². The Hall–Kier alpha value is -1.03. The lowest BCUT2D eigenvalue weighted by Gasteiger charge is -2.14. The van der Waals surface area contributed by atoms with Gasteiger partial charge in [-0.2, -0.15) is 0 Å². The topological polar surface area (TPSA) is 46.5 Å². The van der Waals surface area contributed by atoms with Gasteiger partial charge < -0.3 is 9.84 Å². The average Bonchev–Trinajstić information content (AvgIpc) is 2.57. The summed E-state index contributed by atoms with van der Waals surface area (Å²) >= 11 is 1.30. The summed E-state index contributed by atoms with van der Waals surface area (Å²) in [5.41, 5.74) is -0.0390. The van der Waals surface area contributed by atoms with Gasteiger partial charge in [-0.3, -0.25) is 0 Å². The van der Waals surface area contributed by atoms with Crippen LogP contribution in [0, 0.1) is 0 Å². The molecule has 0 fully saturated rings. The van der Waals surface area contributed by atoms with Crippen molar-refractivity contribution in [1.82, 2.24) is 0 Å². The van der Waals surface area contributed by atoms with Crippen LogP contribution >= 0.6 is 11.3 Å². The lowest BCUT2D eigenvalue weighted by molar-refractivity contribution is 0.0698. The lowest BCUT2D eigenvalue weighted by Crippen LogP contribution is -2.08. The molecular formula is C12H18O3S. The van der Waals surface area contributed by atoms with Gasteiger partial charge in [0.05, 0.1) is 6.61 Å². The minimum atomic E-state index is -0.911. The lowest BCUT2D eigenvalue weighted by atomic mass is 9.95. The minimum absolute atomic E-state index is 0.0390. The maximum Gasteiger partial charge on any atom is 0.349 e. The molecule has 0 saturated carbocycles. The second kappa shape index (κ2) is 4.87. The molecule has 0 aromatic carbocycles. The molecule has 0 bridgehead atoms. The molecule has 0 radical (unpaired) electrons. The molecule has 0 aliphatic heterocycles. The highest BCUT2D eigenvalue weighted by Crippen LogP contribution is 2.36. The van der Waals surface area contributed by atoms with Crippen molar-refractivity contribution in [1.29, 1.82) is 0 Å². The fraction of sp³-hybridized carbons (Fsp3) is 0.583. The van der Waals surface area contributed by atoms with E-state index in [1.807, 2.05) is 13.0 Å². The van der Waals surface area contributed by atoms with Crippen molar-refractivity contribution in [2.75, 3.05) is 6.61 Å². The van der Waals surface area contributed by atoms with Crippen LogP contribution in [0.2, 0.25) is 0 Å². The van der Waals surface area contributed by atoms with Gasteiger partial charge in [0.15, 0.2) is 4.88 Å². The van der Waals surface area contributed by atoms with Gasteiger partial charge >= 0.3 is 5.97 Å². The standard InChI is InChI=1S/C12H18O3S/c1-5-6-15-8-7-9(12(2,3)4)16-10(8)11(13)14/h7H,5-6H2,1-4H3,(H,13,14). The summed E-state index contributed by atoms with van der Waals surface area (Å²) < 4.78 is 5.45. The maximum atomic E-state index is 11.1. The summed E-state index contributed by atoms with van der Waals surface area (Å²) in [7, 11) is 0. The summed E-state index contributed by atoms with van der Waals surface area (Å²) in [6.45, 7) is 8.74. The summed E-state index contributed by atoms with van der Waals surface area (Å²) in [6, 6.07) is 1.85. The van der Waals surface area contributed by atoms with Gasteiger partial charge in [0, 0.05) is 4.88 Å². The third-order valence-corrected chi connectivity index (χ3v) is 3.62. The zero-order valence-corrected chi connectivity index (χ0v) is 11.0. The van der Waals surface area contributed by atoms with Crippen molar-refractivity contribution < 1.29 is 14.6 Å². The molecule has 0 spiro atoms. The molecule has 16 heavy (non-hydrogen) atoms. The molecule has 0 saturated heterocycles. The number of hydrogen-bond donors (Lipinski definition) is 1. The number of hydrogen-bond acceptors (Lipinski definition) is 3. The normalized spacial score (nSPS) is 11.5. The van der Waals surface area contributed by atoms with E-state index in [4.69, 9.17) is 9.84 Å². The van der Waals surface area contributed by atoms with Crippen molar-refractivity contribution in [3.63, 3.8) is 0 Å². The molecule has 0 unspecified atom stereocenters. The van der Waals surface area contributed by atoms with Crippen LogP contribution in [0.25, 0.3) is 0 Å². The molecule has 90 valence electrons. The van der Waals surface area contributed by atoms with Crippen LogP contribution in [0.3, 0.4) is 0 Å². The Morgan fingerprint density at radius 3 is 2.56 bits per heavy atom. The number of carboxylic acid groups (broad SMARTS) is 1. The quantitative estimate of drug-likeness (QED) is 0.878. The molecule has 1 aromatic heterocycles. The van der Waals surface area contributed by atoms with Crippen molar-refractivity contribution in [2.24, 2.45) is 0 Å². The van der Waals surface area contributed by atoms with Gasteiger partial charge in [-0.15, -0.1) is 11.3 Å². The molecular weight excluding hydrogens is 224 g/mol. The largest absolute Gasteiger partial charge is 0.492 e. The molecule has 1 heterocycles. The maximum absolute atomic E-state index is 11.1. The first kappa shape index (κ1) is 13.0. The predicted octanol–water partition coefficient (Wildman–Crippen LogP) is 3.53. The first-order chi connectivity index (χ1) is 7.36. The number of carboxylic acids is 1. The third-order valence-electron chi connectivity index (χ3n) is 2.09. The van der Waals surface area contributed by atoms with E-state index >= 15 is 0 Å². The predicted molar refractivity (Wildman–Crippen MR) is 65.8 cm³/mol. The van der Waals surface area contributed by atoms with E-state index in [0.717, 1.165) is 11.3 Å². The molecule has 4 heteroatoms. The zero-order chi connectivity index (χ0) is 12.3. The molecule has 1 N–H and O–H groups in total. The highest BCUT2D eigenvalue weighted by Gasteiger charge is 2.23. The first-order valence-corrected chi connectivity index (χ1v) is 6.18. The first-order valence-electron chi connectivity index (χ1n) is 5.36. The molecule has 3 nitrogen and oxygen atoms in total. The van der Waals surface area contributed by atoms with Gasteiger partial charge in [0.1, 0.15) is 5.75 Å².